The summed E-state index contributed by atoms with van der Waals surface area (Å²) >= 11 is 6.49. The van der Waals surface area contributed by atoms with E-state index in [9.17, 15) is 13.6 Å². The average Bonchev–Trinajstić information content (AvgIpc) is 3.50. The lowest BCUT2D eigenvalue weighted by atomic mass is 10.0. The molecule has 0 bridgehead atoms. The lowest BCUT2D eigenvalue weighted by Gasteiger charge is -2.41. The number of hydrogen-bond acceptors (Lipinski definition) is 7. The van der Waals surface area contributed by atoms with Gasteiger partial charge in [0.1, 0.15) is 23.8 Å². The van der Waals surface area contributed by atoms with Crippen molar-refractivity contribution in [3.8, 4) is 6.01 Å². The Kier molecular flexibility index (Phi) is 8.80. The van der Waals surface area contributed by atoms with Crippen molar-refractivity contribution < 1.29 is 18.3 Å². The number of carbonyl (C=O) groups excluding carboxylic acids is 1. The molecule has 1 saturated heterocycles. The van der Waals surface area contributed by atoms with Crippen LogP contribution in [0.15, 0.2) is 42.7 Å². The predicted molar refractivity (Wildman–Crippen MR) is 171 cm³/mol. The normalized spacial score (nSPS) is 21.6. The second kappa shape index (κ2) is 12.8. The van der Waals surface area contributed by atoms with Crippen molar-refractivity contribution in [2.45, 2.75) is 50.4 Å². The van der Waals surface area contributed by atoms with Crippen molar-refractivity contribution in [3.05, 3.63) is 76.3 Å². The van der Waals surface area contributed by atoms with Crippen LogP contribution in [-0.4, -0.2) is 90.7 Å². The summed E-state index contributed by atoms with van der Waals surface area (Å²) in [5.74, 6) is -1.58. The van der Waals surface area contributed by atoms with Gasteiger partial charge in [0.15, 0.2) is 5.83 Å². The van der Waals surface area contributed by atoms with Gasteiger partial charge < -0.3 is 29.2 Å². The number of rotatable bonds is 7. The van der Waals surface area contributed by atoms with E-state index >= 15 is 0 Å². The van der Waals surface area contributed by atoms with E-state index in [1.54, 1.807) is 6.07 Å². The molecule has 12 heteroatoms. The van der Waals surface area contributed by atoms with Gasteiger partial charge in [-0.15, -0.1) is 0 Å². The minimum atomic E-state index is -1.03. The maximum Gasteiger partial charge on any atom is 0.319 e. The van der Waals surface area contributed by atoms with E-state index in [4.69, 9.17) is 32.9 Å². The monoisotopic (exact) mass is 635 g/mol. The number of aromatic nitrogens is 2. The first-order valence-electron chi connectivity index (χ1n) is 15.2. The van der Waals surface area contributed by atoms with E-state index in [-0.39, 0.29) is 36.3 Å². The summed E-state index contributed by atoms with van der Waals surface area (Å²) in [5, 5.41) is 1.60. The number of anilines is 2. The fourth-order valence-electron chi connectivity index (χ4n) is 6.97. The number of piperazine rings is 1. The molecule has 3 aromatic rings. The van der Waals surface area contributed by atoms with Crippen LogP contribution >= 0.6 is 11.6 Å². The van der Waals surface area contributed by atoms with Crippen molar-refractivity contribution in [2.24, 2.45) is 0 Å². The quantitative estimate of drug-likeness (QED) is 0.259. The summed E-state index contributed by atoms with van der Waals surface area (Å²) in [6, 6.07) is 8.91. The van der Waals surface area contributed by atoms with Gasteiger partial charge in [-0.05, 0) is 57.3 Å². The van der Waals surface area contributed by atoms with Crippen molar-refractivity contribution in [1.29, 1.82) is 0 Å². The number of ether oxygens (including phenoxy) is 1. The Labute approximate surface area is 266 Å². The zero-order valence-electron chi connectivity index (χ0n) is 25.5. The summed E-state index contributed by atoms with van der Waals surface area (Å²) in [6.45, 7) is 12.7. The first-order valence-corrected chi connectivity index (χ1v) is 15.6. The number of nitrogens with zero attached hydrogens (tertiary/aromatic N) is 7. The van der Waals surface area contributed by atoms with Crippen LogP contribution in [0.4, 0.5) is 20.3 Å². The molecule has 1 saturated carbocycles. The highest BCUT2D eigenvalue weighted by Gasteiger charge is 2.37. The first kappa shape index (κ1) is 31.0. The first-order chi connectivity index (χ1) is 21.7. The van der Waals surface area contributed by atoms with Crippen molar-refractivity contribution in [2.75, 3.05) is 56.6 Å². The van der Waals surface area contributed by atoms with E-state index in [2.05, 4.69) is 26.1 Å². The number of fused-ring (bicyclic) bond motifs is 2. The van der Waals surface area contributed by atoms with Crippen LogP contribution in [0.3, 0.4) is 0 Å². The van der Waals surface area contributed by atoms with Gasteiger partial charge in [-0.3, -0.25) is 4.79 Å². The van der Waals surface area contributed by atoms with Gasteiger partial charge in [0.2, 0.25) is 6.54 Å². The van der Waals surface area contributed by atoms with E-state index in [0.29, 0.717) is 43.8 Å². The van der Waals surface area contributed by atoms with Crippen molar-refractivity contribution >= 4 is 39.8 Å². The van der Waals surface area contributed by atoms with Crippen LogP contribution in [0.1, 0.15) is 30.5 Å². The van der Waals surface area contributed by atoms with Crippen LogP contribution < -0.4 is 14.5 Å². The molecule has 0 spiro atoms. The molecule has 0 radical (unpaired) electrons. The molecular formula is C33H36ClF2N7O2. The summed E-state index contributed by atoms with van der Waals surface area (Å²) in [7, 11) is 4.09. The molecule has 1 amide bonds. The maximum absolute atomic E-state index is 14.6. The maximum atomic E-state index is 14.6. The fraction of sp³-hybridized carbons (Fsp3) is 0.455. The average molecular weight is 636 g/mol. The minimum Gasteiger partial charge on any atom is -0.458 e. The molecule has 3 atom stereocenters. The predicted octanol–water partition coefficient (Wildman–Crippen LogP) is 5.27. The summed E-state index contributed by atoms with van der Waals surface area (Å²) in [6.07, 6.45) is 3.50. The summed E-state index contributed by atoms with van der Waals surface area (Å²) < 4.78 is 34.9. The van der Waals surface area contributed by atoms with E-state index < -0.39 is 23.6 Å². The van der Waals surface area contributed by atoms with E-state index in [0.717, 1.165) is 41.6 Å². The van der Waals surface area contributed by atoms with Crippen LogP contribution in [-0.2, 0) is 17.8 Å². The van der Waals surface area contributed by atoms with Gasteiger partial charge >= 0.3 is 6.01 Å². The molecular weight excluding hydrogens is 600 g/mol. The minimum absolute atomic E-state index is 0.0327. The number of carbonyl (C=O) groups is 1. The highest BCUT2D eigenvalue weighted by Crippen LogP contribution is 2.38. The second-order valence-corrected chi connectivity index (χ2v) is 12.5. The SMILES string of the molecule is [C-]#[N+]CC1CN(c2nc(O[C@@H]3CCC[C@@H]3N(C)C)nc3c2CCN(c2cccc4ccc(F)c(Cl)c24)C3)CCN1C(=O)C(=C)F. The molecule has 45 heavy (non-hydrogen) atoms. The van der Waals surface area contributed by atoms with Crippen molar-refractivity contribution in [3.63, 3.8) is 0 Å². The molecule has 9 nitrogen and oxygen atoms in total. The molecule has 2 aromatic carbocycles. The number of halogens is 3. The third kappa shape index (κ3) is 6.01. The lowest BCUT2D eigenvalue weighted by Crippen LogP contribution is -2.57. The number of hydrogen-bond donors (Lipinski definition) is 0. The van der Waals surface area contributed by atoms with Crippen LogP contribution in [0.5, 0.6) is 6.01 Å². The molecule has 3 aliphatic rings. The Hall–Kier alpha value is -4.01. The number of benzene rings is 2. The fourth-order valence-corrected chi connectivity index (χ4v) is 7.23. The van der Waals surface area contributed by atoms with Gasteiger partial charge in [-0.2, -0.15) is 9.97 Å². The molecule has 2 fully saturated rings. The second-order valence-electron chi connectivity index (χ2n) is 12.1. The van der Waals surface area contributed by atoms with Gasteiger partial charge in [0.25, 0.3) is 5.91 Å². The standard InChI is InChI=1S/C33H36ClF2N7O2/c1-20(35)32(44)43-16-15-42(18-22(43)17-37-2)31-23-13-14-41(27-9-5-7-21-11-12-24(36)30(34)29(21)27)19-25(23)38-33(39-31)45-28-10-6-8-26(28)40(3)4/h5,7,9,11-12,22,26,28H,1,6,8,10,13-19H2,3-4H3/t22?,26-,28+/m0/s1. The third-order valence-corrected chi connectivity index (χ3v) is 9.56. The molecule has 1 aliphatic carbocycles. The zero-order valence-corrected chi connectivity index (χ0v) is 26.2. The van der Waals surface area contributed by atoms with Gasteiger partial charge in [0, 0.05) is 48.9 Å². The highest BCUT2D eigenvalue weighted by molar-refractivity contribution is 6.36. The van der Waals surface area contributed by atoms with Crippen LogP contribution in [0, 0.1) is 12.4 Å². The molecule has 236 valence electrons. The van der Waals surface area contributed by atoms with Gasteiger partial charge in [-0.1, -0.05) is 36.4 Å². The van der Waals surface area contributed by atoms with Crippen molar-refractivity contribution in [1.82, 2.24) is 19.8 Å². The van der Waals surface area contributed by atoms with Crippen LogP contribution in [0.2, 0.25) is 5.02 Å². The largest absolute Gasteiger partial charge is 0.458 e. The van der Waals surface area contributed by atoms with Gasteiger partial charge in [0.05, 0.1) is 17.3 Å². The smallest absolute Gasteiger partial charge is 0.319 e. The molecule has 3 heterocycles. The third-order valence-electron chi connectivity index (χ3n) is 9.19. The van der Waals surface area contributed by atoms with Crippen LogP contribution in [0.25, 0.3) is 15.6 Å². The molecule has 1 aromatic heterocycles. The highest BCUT2D eigenvalue weighted by atomic mass is 35.5. The Morgan fingerprint density at radius 1 is 1.18 bits per heavy atom. The summed E-state index contributed by atoms with van der Waals surface area (Å²) in [4.78, 5) is 33.8. The van der Waals surface area contributed by atoms with Gasteiger partial charge in [-0.25, -0.2) is 15.4 Å². The Morgan fingerprint density at radius 3 is 2.76 bits per heavy atom. The molecule has 0 N–H and O–H groups in total. The number of likely N-dealkylation sites (N-methyl/N-ethyl adjacent to an activating group) is 1. The topological polar surface area (TPSA) is 69.4 Å². The van der Waals surface area contributed by atoms with E-state index in [1.807, 2.05) is 32.3 Å². The molecule has 6 rings (SSSR count). The zero-order chi connectivity index (χ0) is 31.8. The van der Waals surface area contributed by atoms with E-state index in [1.165, 1.54) is 11.0 Å². The molecule has 1 unspecified atom stereocenters. The lowest BCUT2D eigenvalue weighted by molar-refractivity contribution is -0.131. The summed E-state index contributed by atoms with van der Waals surface area (Å²) in [5.41, 5.74) is 2.58. The molecule has 2 aliphatic heterocycles. The Balaban J connectivity index is 1.38. The Bertz CT molecular complexity index is 1680. The number of amides is 1. The Morgan fingerprint density at radius 2 is 2.00 bits per heavy atom.